The third-order valence-corrected chi connectivity index (χ3v) is 6.79. The average molecular weight is 541 g/mol. The molecule has 0 saturated heterocycles. The second-order valence-electron chi connectivity index (χ2n) is 11.2. The molecular weight excluding hydrogens is 480 g/mol. The van der Waals surface area contributed by atoms with Crippen molar-refractivity contribution in [2.75, 3.05) is 13.2 Å². The van der Waals surface area contributed by atoms with E-state index in [2.05, 4.69) is 27.7 Å². The summed E-state index contributed by atoms with van der Waals surface area (Å²) in [7, 11) is 0. The van der Waals surface area contributed by atoms with Gasteiger partial charge in [0.15, 0.2) is 6.10 Å². The van der Waals surface area contributed by atoms with Gasteiger partial charge in [0.2, 0.25) is 0 Å². The van der Waals surface area contributed by atoms with Crippen molar-refractivity contribution in [2.45, 2.75) is 169 Å². The lowest BCUT2D eigenvalue weighted by molar-refractivity contribution is -0.167. The third kappa shape index (κ3) is 26.0. The van der Waals surface area contributed by atoms with Gasteiger partial charge in [-0.1, -0.05) is 124 Å². The number of unbranched alkanes of at least 4 members (excludes halogenated alkanes) is 14. The fraction of sp³-hybridized carbons (Fsp3) is 0.906. The zero-order valence-corrected chi connectivity index (χ0v) is 25.4. The molecule has 0 aromatic rings. The van der Waals surface area contributed by atoms with Gasteiger partial charge in [0.25, 0.3) is 0 Å². The first-order valence-corrected chi connectivity index (χ1v) is 15.9. The molecular formula is C32H60O6. The van der Waals surface area contributed by atoms with Crippen LogP contribution in [0.2, 0.25) is 0 Å². The highest BCUT2D eigenvalue weighted by Crippen LogP contribution is 2.13. The van der Waals surface area contributed by atoms with E-state index in [1.54, 1.807) is 0 Å². The molecule has 0 heterocycles. The van der Waals surface area contributed by atoms with Crippen LogP contribution in [0.25, 0.3) is 0 Å². The molecule has 0 rings (SSSR count). The minimum Gasteiger partial charge on any atom is -0.462 e. The van der Waals surface area contributed by atoms with Gasteiger partial charge >= 0.3 is 17.9 Å². The molecule has 0 fully saturated rings. The summed E-state index contributed by atoms with van der Waals surface area (Å²) < 4.78 is 16.3. The first kappa shape index (κ1) is 36.4. The monoisotopic (exact) mass is 540 g/mol. The predicted octanol–water partition coefficient (Wildman–Crippen LogP) is 8.87. The summed E-state index contributed by atoms with van der Waals surface area (Å²) in [6.07, 6.45) is 20.1. The van der Waals surface area contributed by atoms with E-state index < -0.39 is 6.10 Å². The molecule has 0 bridgehead atoms. The molecule has 1 unspecified atom stereocenters. The van der Waals surface area contributed by atoms with Gasteiger partial charge in [-0.25, -0.2) is 0 Å². The van der Waals surface area contributed by atoms with E-state index in [4.69, 9.17) is 14.2 Å². The lowest BCUT2D eigenvalue weighted by Gasteiger charge is -2.18. The lowest BCUT2D eigenvalue weighted by atomic mass is 10.0. The fourth-order valence-corrected chi connectivity index (χ4v) is 4.33. The number of carbonyl (C=O) groups is 3. The molecule has 38 heavy (non-hydrogen) atoms. The smallest absolute Gasteiger partial charge is 0.306 e. The SMILES string of the molecule is CCCCCCCCCC(=O)OCC(COC(=O)CCCCCC(C)C)OC(=O)CCCCCCCCC. The molecule has 0 amide bonds. The maximum atomic E-state index is 12.4. The minimum absolute atomic E-state index is 0.0697. The lowest BCUT2D eigenvalue weighted by Crippen LogP contribution is -2.30. The quantitative estimate of drug-likeness (QED) is 0.0588. The molecule has 6 nitrogen and oxygen atoms in total. The summed E-state index contributed by atoms with van der Waals surface area (Å²) in [4.78, 5) is 36.8. The Morgan fingerprint density at radius 1 is 0.500 bits per heavy atom. The van der Waals surface area contributed by atoms with E-state index in [9.17, 15) is 14.4 Å². The summed E-state index contributed by atoms with van der Waals surface area (Å²) in [5.41, 5.74) is 0. The predicted molar refractivity (Wildman–Crippen MR) is 155 cm³/mol. The largest absolute Gasteiger partial charge is 0.462 e. The van der Waals surface area contributed by atoms with E-state index in [0.717, 1.165) is 64.2 Å². The number of rotatable bonds is 27. The molecule has 0 aromatic carbocycles. The Balaban J connectivity index is 4.38. The highest BCUT2D eigenvalue weighted by molar-refractivity contribution is 5.71. The zero-order valence-electron chi connectivity index (χ0n) is 25.4. The van der Waals surface area contributed by atoms with Crippen LogP contribution in [0.4, 0.5) is 0 Å². The van der Waals surface area contributed by atoms with Crippen LogP contribution in [0.15, 0.2) is 0 Å². The van der Waals surface area contributed by atoms with Crippen molar-refractivity contribution in [1.29, 1.82) is 0 Å². The van der Waals surface area contributed by atoms with Crippen molar-refractivity contribution in [3.63, 3.8) is 0 Å². The molecule has 0 aliphatic rings. The Kier molecular flexibility index (Phi) is 25.9. The van der Waals surface area contributed by atoms with Crippen molar-refractivity contribution in [2.24, 2.45) is 5.92 Å². The van der Waals surface area contributed by atoms with E-state index in [0.29, 0.717) is 25.2 Å². The van der Waals surface area contributed by atoms with Crippen LogP contribution in [-0.4, -0.2) is 37.2 Å². The third-order valence-electron chi connectivity index (χ3n) is 6.79. The summed E-state index contributed by atoms with van der Waals surface area (Å²) >= 11 is 0. The van der Waals surface area contributed by atoms with Crippen LogP contribution < -0.4 is 0 Å². The van der Waals surface area contributed by atoms with E-state index in [-0.39, 0.29) is 31.1 Å². The molecule has 0 saturated carbocycles. The molecule has 0 spiro atoms. The topological polar surface area (TPSA) is 78.9 Å². The Morgan fingerprint density at radius 2 is 0.868 bits per heavy atom. The van der Waals surface area contributed by atoms with Crippen LogP contribution in [0.5, 0.6) is 0 Å². The molecule has 0 N–H and O–H groups in total. The Morgan fingerprint density at radius 3 is 1.29 bits per heavy atom. The van der Waals surface area contributed by atoms with Crippen molar-refractivity contribution in [3.8, 4) is 0 Å². The molecule has 0 aliphatic carbocycles. The first-order chi connectivity index (χ1) is 18.4. The van der Waals surface area contributed by atoms with Gasteiger partial charge in [0.05, 0.1) is 0 Å². The molecule has 0 aromatic heterocycles. The number of carbonyl (C=O) groups excluding carboxylic acids is 3. The second-order valence-corrected chi connectivity index (χ2v) is 11.2. The molecule has 0 radical (unpaired) electrons. The van der Waals surface area contributed by atoms with Crippen LogP contribution in [0.1, 0.15) is 163 Å². The number of hydrogen-bond acceptors (Lipinski definition) is 6. The van der Waals surface area contributed by atoms with Gasteiger partial charge in [-0.15, -0.1) is 0 Å². The highest BCUT2D eigenvalue weighted by atomic mass is 16.6. The van der Waals surface area contributed by atoms with Gasteiger partial charge in [0, 0.05) is 19.3 Å². The first-order valence-electron chi connectivity index (χ1n) is 15.9. The van der Waals surface area contributed by atoms with Gasteiger partial charge in [-0.05, 0) is 25.2 Å². The van der Waals surface area contributed by atoms with E-state index in [1.165, 1.54) is 51.4 Å². The van der Waals surface area contributed by atoms with Crippen LogP contribution in [0, 0.1) is 5.92 Å². The van der Waals surface area contributed by atoms with Crippen LogP contribution in [-0.2, 0) is 28.6 Å². The Labute approximate surface area is 234 Å². The second kappa shape index (κ2) is 27.0. The average Bonchev–Trinajstić information content (AvgIpc) is 2.88. The van der Waals surface area contributed by atoms with E-state index in [1.807, 2.05) is 0 Å². The van der Waals surface area contributed by atoms with Crippen molar-refractivity contribution < 1.29 is 28.6 Å². The van der Waals surface area contributed by atoms with Crippen LogP contribution >= 0.6 is 0 Å². The molecule has 224 valence electrons. The maximum Gasteiger partial charge on any atom is 0.306 e. The van der Waals surface area contributed by atoms with Gasteiger partial charge < -0.3 is 14.2 Å². The summed E-state index contributed by atoms with van der Waals surface area (Å²) in [5.74, 6) is -0.233. The maximum absolute atomic E-state index is 12.4. The number of hydrogen-bond donors (Lipinski definition) is 0. The van der Waals surface area contributed by atoms with Crippen molar-refractivity contribution in [3.05, 3.63) is 0 Å². The summed E-state index contributed by atoms with van der Waals surface area (Å²) in [6.45, 7) is 8.66. The minimum atomic E-state index is -0.755. The fourth-order valence-electron chi connectivity index (χ4n) is 4.33. The number of esters is 3. The van der Waals surface area contributed by atoms with Crippen molar-refractivity contribution >= 4 is 17.9 Å². The summed E-state index contributed by atoms with van der Waals surface area (Å²) in [5, 5.41) is 0. The summed E-state index contributed by atoms with van der Waals surface area (Å²) in [6, 6.07) is 0. The normalized spacial score (nSPS) is 11.9. The van der Waals surface area contributed by atoms with Gasteiger partial charge in [-0.3, -0.25) is 14.4 Å². The Bertz CT molecular complexity index is 574. The van der Waals surface area contributed by atoms with Crippen LogP contribution in [0.3, 0.4) is 0 Å². The van der Waals surface area contributed by atoms with E-state index >= 15 is 0 Å². The standard InChI is InChI=1S/C32H60O6/c1-5-7-9-11-13-15-19-23-30(33)36-26-29(27-37-31(34)24-21-17-18-22-28(3)4)38-32(35)25-20-16-14-12-10-8-6-2/h28-29H,5-27H2,1-4H3. The molecule has 0 aliphatic heterocycles. The highest BCUT2D eigenvalue weighted by Gasteiger charge is 2.19. The Hall–Kier alpha value is -1.59. The van der Waals surface area contributed by atoms with Gasteiger partial charge in [0.1, 0.15) is 13.2 Å². The van der Waals surface area contributed by atoms with Gasteiger partial charge in [-0.2, -0.15) is 0 Å². The van der Waals surface area contributed by atoms with Crippen molar-refractivity contribution in [1.82, 2.24) is 0 Å². The molecule has 1 atom stereocenters. The zero-order chi connectivity index (χ0) is 28.3. The number of ether oxygens (including phenoxy) is 3. The molecule has 6 heteroatoms.